The Hall–Kier alpha value is -1.22. The smallest absolute Gasteiger partial charge is 0.193 e. The molecule has 1 aliphatic rings. The Bertz CT molecular complexity index is 547. The van der Waals surface area contributed by atoms with Crippen LogP contribution in [0.15, 0.2) is 23.2 Å². The van der Waals surface area contributed by atoms with Crippen LogP contribution in [-0.4, -0.2) is 50.3 Å². The van der Waals surface area contributed by atoms with E-state index in [4.69, 9.17) is 15.2 Å². The van der Waals surface area contributed by atoms with Gasteiger partial charge in [-0.2, -0.15) is 0 Å². The van der Waals surface area contributed by atoms with E-state index in [0.29, 0.717) is 25.7 Å². The van der Waals surface area contributed by atoms with Gasteiger partial charge in [-0.3, -0.25) is 4.99 Å². The molecule has 1 aromatic carbocycles. The van der Waals surface area contributed by atoms with Crippen LogP contribution in [0.25, 0.3) is 0 Å². The number of hydrogen-bond donors (Lipinski definition) is 2. The molecule has 23 heavy (non-hydrogen) atoms. The summed E-state index contributed by atoms with van der Waals surface area (Å²) >= 11 is 0. The van der Waals surface area contributed by atoms with Gasteiger partial charge in [-0.05, 0) is 40.1 Å². The third-order valence-electron chi connectivity index (χ3n) is 3.87. The van der Waals surface area contributed by atoms with Gasteiger partial charge in [0.05, 0.1) is 19.8 Å². The molecule has 6 nitrogen and oxygen atoms in total. The van der Waals surface area contributed by atoms with E-state index in [2.05, 4.69) is 29.1 Å². The van der Waals surface area contributed by atoms with E-state index in [9.17, 15) is 0 Å². The summed E-state index contributed by atoms with van der Waals surface area (Å²) in [6.45, 7) is 6.21. The Balaban J connectivity index is 0.00000264. The molecule has 0 bridgehead atoms. The number of ether oxygens (including phenoxy) is 2. The first-order valence-electron chi connectivity index (χ1n) is 7.52. The highest BCUT2D eigenvalue weighted by molar-refractivity contribution is 14.0. The highest BCUT2D eigenvalue weighted by Crippen LogP contribution is 2.32. The van der Waals surface area contributed by atoms with E-state index in [1.165, 1.54) is 0 Å². The Morgan fingerprint density at radius 3 is 2.57 bits per heavy atom. The second-order valence-electron chi connectivity index (χ2n) is 6.25. The summed E-state index contributed by atoms with van der Waals surface area (Å²) in [4.78, 5) is 6.53. The molecule has 3 N–H and O–H groups in total. The zero-order chi connectivity index (χ0) is 16.2. The predicted octanol–water partition coefficient (Wildman–Crippen LogP) is 2.53. The van der Waals surface area contributed by atoms with Gasteiger partial charge < -0.3 is 25.4 Å². The van der Waals surface area contributed by atoms with Gasteiger partial charge >= 0.3 is 0 Å². The van der Waals surface area contributed by atoms with Crippen LogP contribution < -0.4 is 20.5 Å². The molecule has 0 spiro atoms. The van der Waals surface area contributed by atoms with Crippen LogP contribution in [0.1, 0.15) is 20.3 Å². The number of nitrogens with one attached hydrogen (secondary N) is 1. The molecule has 0 aliphatic carbocycles. The van der Waals surface area contributed by atoms with E-state index in [-0.39, 0.29) is 29.5 Å². The summed E-state index contributed by atoms with van der Waals surface area (Å²) in [6.07, 6.45) is 0.890. The average molecular weight is 434 g/mol. The SMILES string of the molecule is CN(C)C(C)(C)CN=C(N)Nc1ccc2c(c1)OCCCO2.I. The lowest BCUT2D eigenvalue weighted by Gasteiger charge is -2.30. The number of aliphatic imine (C=N–C) groups is 1. The van der Waals surface area contributed by atoms with E-state index in [0.717, 1.165) is 23.6 Å². The lowest BCUT2D eigenvalue weighted by Crippen LogP contribution is -2.41. The van der Waals surface area contributed by atoms with Crippen molar-refractivity contribution in [2.75, 3.05) is 39.2 Å². The van der Waals surface area contributed by atoms with Crippen LogP contribution in [0.4, 0.5) is 5.69 Å². The summed E-state index contributed by atoms with van der Waals surface area (Å²) in [7, 11) is 4.06. The Morgan fingerprint density at radius 1 is 1.26 bits per heavy atom. The van der Waals surface area contributed by atoms with Gasteiger partial charge in [-0.1, -0.05) is 0 Å². The number of guanidine groups is 1. The summed E-state index contributed by atoms with van der Waals surface area (Å²) in [5, 5.41) is 3.10. The molecule has 0 saturated carbocycles. The van der Waals surface area contributed by atoms with Crippen LogP contribution in [0.5, 0.6) is 11.5 Å². The summed E-state index contributed by atoms with van der Waals surface area (Å²) in [5.41, 5.74) is 6.76. The fraction of sp³-hybridized carbons (Fsp3) is 0.562. The minimum atomic E-state index is -0.0446. The highest BCUT2D eigenvalue weighted by Gasteiger charge is 2.19. The molecule has 0 unspecified atom stereocenters. The highest BCUT2D eigenvalue weighted by atomic mass is 127. The second-order valence-corrected chi connectivity index (χ2v) is 6.25. The van der Waals surface area contributed by atoms with Gasteiger partial charge in [0.25, 0.3) is 0 Å². The third-order valence-corrected chi connectivity index (χ3v) is 3.87. The number of rotatable bonds is 4. The van der Waals surface area contributed by atoms with Gasteiger partial charge in [0, 0.05) is 23.7 Å². The van der Waals surface area contributed by atoms with Crippen molar-refractivity contribution in [2.24, 2.45) is 10.7 Å². The quantitative estimate of drug-likeness (QED) is 0.433. The van der Waals surface area contributed by atoms with Crippen molar-refractivity contribution in [3.8, 4) is 11.5 Å². The number of nitrogens with zero attached hydrogens (tertiary/aromatic N) is 2. The number of likely N-dealkylation sites (N-methyl/N-ethyl adjacent to an activating group) is 1. The molecule has 2 rings (SSSR count). The minimum absolute atomic E-state index is 0. The molecular weight excluding hydrogens is 407 g/mol. The molecule has 1 aromatic rings. The van der Waals surface area contributed by atoms with Crippen LogP contribution in [0.3, 0.4) is 0 Å². The monoisotopic (exact) mass is 434 g/mol. The standard InChI is InChI=1S/C16H26N4O2.HI/c1-16(2,20(3)4)11-18-15(17)19-12-6-7-13-14(10-12)22-9-5-8-21-13;/h6-7,10H,5,8-9,11H2,1-4H3,(H3,17,18,19);1H. The van der Waals surface area contributed by atoms with Crippen LogP contribution in [0, 0.1) is 0 Å². The summed E-state index contributed by atoms with van der Waals surface area (Å²) < 4.78 is 11.3. The normalized spacial score (nSPS) is 14.9. The lowest BCUT2D eigenvalue weighted by atomic mass is 10.1. The summed E-state index contributed by atoms with van der Waals surface area (Å²) in [6, 6.07) is 5.69. The van der Waals surface area contributed by atoms with Crippen molar-refractivity contribution in [3.05, 3.63) is 18.2 Å². The molecule has 1 heterocycles. The van der Waals surface area contributed by atoms with Gasteiger partial charge in [-0.25, -0.2) is 0 Å². The Labute approximate surface area is 155 Å². The Morgan fingerprint density at radius 2 is 1.91 bits per heavy atom. The first-order chi connectivity index (χ1) is 10.4. The summed E-state index contributed by atoms with van der Waals surface area (Å²) in [5.74, 6) is 1.90. The second kappa shape index (κ2) is 8.58. The molecule has 0 aromatic heterocycles. The molecule has 130 valence electrons. The number of hydrogen-bond acceptors (Lipinski definition) is 4. The van der Waals surface area contributed by atoms with Crippen molar-refractivity contribution >= 4 is 35.6 Å². The molecule has 0 atom stereocenters. The average Bonchev–Trinajstić information content (AvgIpc) is 2.70. The maximum atomic E-state index is 5.97. The number of nitrogens with two attached hydrogens (primary N) is 1. The van der Waals surface area contributed by atoms with E-state index >= 15 is 0 Å². The zero-order valence-corrected chi connectivity index (χ0v) is 16.6. The van der Waals surface area contributed by atoms with Crippen LogP contribution in [-0.2, 0) is 0 Å². The van der Waals surface area contributed by atoms with Crippen LogP contribution >= 0.6 is 24.0 Å². The minimum Gasteiger partial charge on any atom is -0.490 e. The first kappa shape index (κ1) is 19.8. The number of benzene rings is 1. The van der Waals surface area contributed by atoms with Crippen molar-refractivity contribution < 1.29 is 9.47 Å². The molecule has 7 heteroatoms. The fourth-order valence-electron chi connectivity index (χ4n) is 1.85. The number of anilines is 1. The van der Waals surface area contributed by atoms with E-state index in [1.54, 1.807) is 0 Å². The number of fused-ring (bicyclic) bond motifs is 1. The van der Waals surface area contributed by atoms with Crippen molar-refractivity contribution in [3.63, 3.8) is 0 Å². The molecule has 0 amide bonds. The first-order valence-corrected chi connectivity index (χ1v) is 7.52. The van der Waals surface area contributed by atoms with Gasteiger partial charge in [0.1, 0.15) is 0 Å². The third kappa shape index (κ3) is 5.72. The molecule has 0 fully saturated rings. The maximum Gasteiger partial charge on any atom is 0.193 e. The molecule has 1 aliphatic heterocycles. The Kier molecular flexibility index (Phi) is 7.40. The maximum absolute atomic E-state index is 5.97. The van der Waals surface area contributed by atoms with Crippen molar-refractivity contribution in [2.45, 2.75) is 25.8 Å². The van der Waals surface area contributed by atoms with Gasteiger partial charge in [-0.15, -0.1) is 24.0 Å². The van der Waals surface area contributed by atoms with E-state index < -0.39 is 0 Å². The fourth-order valence-corrected chi connectivity index (χ4v) is 1.85. The zero-order valence-electron chi connectivity index (χ0n) is 14.3. The topological polar surface area (TPSA) is 72.1 Å². The van der Waals surface area contributed by atoms with E-state index in [1.807, 2.05) is 32.3 Å². The predicted molar refractivity (Wildman–Crippen MR) is 105 cm³/mol. The lowest BCUT2D eigenvalue weighted by molar-refractivity contribution is 0.205. The van der Waals surface area contributed by atoms with Crippen LogP contribution in [0.2, 0.25) is 0 Å². The molecular formula is C16H27IN4O2. The number of halogens is 1. The van der Waals surface area contributed by atoms with Gasteiger partial charge in [0.2, 0.25) is 0 Å². The van der Waals surface area contributed by atoms with Crippen molar-refractivity contribution in [1.29, 1.82) is 0 Å². The van der Waals surface area contributed by atoms with Crippen molar-refractivity contribution in [1.82, 2.24) is 4.90 Å². The largest absolute Gasteiger partial charge is 0.490 e. The van der Waals surface area contributed by atoms with Gasteiger partial charge in [0.15, 0.2) is 17.5 Å². The molecule has 0 radical (unpaired) electrons. The molecule has 0 saturated heterocycles.